The zero-order chi connectivity index (χ0) is 18.7. The highest BCUT2D eigenvalue weighted by molar-refractivity contribution is 6.14. The van der Waals surface area contributed by atoms with Crippen LogP contribution in [0.3, 0.4) is 0 Å². The molecule has 4 rings (SSSR count). The lowest BCUT2D eigenvalue weighted by Gasteiger charge is -2.29. The van der Waals surface area contributed by atoms with Crippen molar-refractivity contribution in [1.82, 2.24) is 9.61 Å². The molecule has 0 aliphatic carbocycles. The largest absolute Gasteiger partial charge is 0.433 e. The molecule has 0 fully saturated rings. The van der Waals surface area contributed by atoms with E-state index in [9.17, 15) is 17.6 Å². The van der Waals surface area contributed by atoms with Gasteiger partial charge in [0.2, 0.25) is 0 Å². The van der Waals surface area contributed by atoms with Gasteiger partial charge in [-0.15, -0.1) is 0 Å². The first-order valence-electron chi connectivity index (χ1n) is 8.09. The molecule has 0 spiro atoms. The predicted molar refractivity (Wildman–Crippen MR) is 90.0 cm³/mol. The van der Waals surface area contributed by atoms with Gasteiger partial charge in [-0.25, -0.2) is 8.91 Å². The molecule has 1 aliphatic heterocycles. The number of nitrogens with zero attached hydrogens (tertiary/aromatic N) is 3. The molecule has 3 heterocycles. The van der Waals surface area contributed by atoms with Gasteiger partial charge in [0.15, 0.2) is 0 Å². The fourth-order valence-corrected chi connectivity index (χ4v) is 3.36. The van der Waals surface area contributed by atoms with Crippen molar-refractivity contribution in [1.29, 1.82) is 0 Å². The van der Waals surface area contributed by atoms with Crippen LogP contribution in [-0.2, 0) is 12.6 Å². The van der Waals surface area contributed by atoms with Crippen molar-refractivity contribution in [2.75, 3.05) is 0 Å². The zero-order valence-electron chi connectivity index (χ0n) is 14.1. The Bertz CT molecular complexity index is 1040. The Labute approximate surface area is 147 Å². The van der Waals surface area contributed by atoms with Gasteiger partial charge in [0.25, 0.3) is 0 Å². The summed E-state index contributed by atoms with van der Waals surface area (Å²) in [5.41, 5.74) is 1.27. The number of alkyl halides is 3. The molecule has 0 N–H and O–H groups in total. The van der Waals surface area contributed by atoms with Crippen molar-refractivity contribution in [2.24, 2.45) is 4.99 Å². The molecule has 2 aromatic heterocycles. The molecule has 3 aromatic rings. The summed E-state index contributed by atoms with van der Waals surface area (Å²) in [6, 6.07) is 8.73. The Balaban J connectivity index is 1.90. The number of aromatic nitrogens is 2. The van der Waals surface area contributed by atoms with Crippen molar-refractivity contribution in [3.05, 3.63) is 70.8 Å². The summed E-state index contributed by atoms with van der Waals surface area (Å²) in [5.74, 6) is -0.306. The molecule has 0 radical (unpaired) electrons. The maximum atomic E-state index is 14.3. The van der Waals surface area contributed by atoms with Crippen LogP contribution in [0.1, 0.15) is 36.2 Å². The van der Waals surface area contributed by atoms with Crippen LogP contribution < -0.4 is 0 Å². The summed E-state index contributed by atoms with van der Waals surface area (Å²) in [6.45, 7) is 3.79. The molecule has 0 unspecified atom stereocenters. The number of fused-ring (bicyclic) bond motifs is 2. The number of hydrogen-bond acceptors (Lipinski definition) is 2. The van der Waals surface area contributed by atoms with E-state index in [1.807, 2.05) is 13.8 Å². The van der Waals surface area contributed by atoms with E-state index in [1.54, 1.807) is 18.2 Å². The minimum Gasteiger partial charge on any atom is -0.278 e. The molecule has 1 aliphatic rings. The molecule has 134 valence electrons. The molecule has 0 atom stereocenters. The maximum Gasteiger partial charge on any atom is 0.433 e. The Morgan fingerprint density at radius 2 is 1.88 bits per heavy atom. The molecule has 3 nitrogen and oxygen atoms in total. The SMILES string of the molecule is CC1(C)Cc2c(F)cccc2C(c2cnn3c(C(F)(F)F)ccc3c2)=N1. The Hall–Kier alpha value is -2.70. The van der Waals surface area contributed by atoms with Crippen LogP contribution in [-0.4, -0.2) is 20.9 Å². The Kier molecular flexibility index (Phi) is 3.48. The van der Waals surface area contributed by atoms with E-state index in [0.717, 1.165) is 10.6 Å². The second-order valence-electron chi connectivity index (χ2n) is 7.01. The van der Waals surface area contributed by atoms with Gasteiger partial charge in [-0.05, 0) is 43.7 Å². The third-order valence-corrected chi connectivity index (χ3v) is 4.46. The second kappa shape index (κ2) is 5.40. The third-order valence-electron chi connectivity index (χ3n) is 4.46. The van der Waals surface area contributed by atoms with E-state index in [0.29, 0.717) is 34.3 Å². The quantitative estimate of drug-likeness (QED) is 0.580. The minimum atomic E-state index is -4.49. The number of halogens is 4. The predicted octanol–water partition coefficient (Wildman–Crippen LogP) is 4.66. The first-order chi connectivity index (χ1) is 12.2. The van der Waals surface area contributed by atoms with Crippen molar-refractivity contribution in [2.45, 2.75) is 32.0 Å². The molecule has 0 amide bonds. The van der Waals surface area contributed by atoms with E-state index >= 15 is 0 Å². The molecule has 0 bridgehead atoms. The van der Waals surface area contributed by atoms with E-state index in [4.69, 9.17) is 4.99 Å². The topological polar surface area (TPSA) is 29.7 Å². The van der Waals surface area contributed by atoms with Crippen molar-refractivity contribution < 1.29 is 17.6 Å². The van der Waals surface area contributed by atoms with Crippen LogP contribution in [0, 0.1) is 5.82 Å². The number of rotatable bonds is 1. The van der Waals surface area contributed by atoms with Crippen LogP contribution in [0.4, 0.5) is 17.6 Å². The Morgan fingerprint density at radius 3 is 2.62 bits per heavy atom. The van der Waals surface area contributed by atoms with E-state index in [-0.39, 0.29) is 5.82 Å². The fourth-order valence-electron chi connectivity index (χ4n) is 3.36. The highest BCUT2D eigenvalue weighted by Crippen LogP contribution is 2.33. The van der Waals surface area contributed by atoms with Gasteiger partial charge < -0.3 is 0 Å². The lowest BCUT2D eigenvalue weighted by Crippen LogP contribution is -2.30. The average molecular weight is 361 g/mol. The summed E-state index contributed by atoms with van der Waals surface area (Å²) >= 11 is 0. The summed E-state index contributed by atoms with van der Waals surface area (Å²) in [4.78, 5) is 4.71. The van der Waals surface area contributed by atoms with E-state index in [1.165, 1.54) is 18.3 Å². The molecule has 0 saturated carbocycles. The normalized spacial score (nSPS) is 16.5. The van der Waals surface area contributed by atoms with Gasteiger partial charge in [0.05, 0.1) is 23.0 Å². The van der Waals surface area contributed by atoms with Crippen LogP contribution >= 0.6 is 0 Å². The van der Waals surface area contributed by atoms with Gasteiger partial charge in [-0.3, -0.25) is 4.99 Å². The molecular weight excluding hydrogens is 346 g/mol. The minimum absolute atomic E-state index is 0.304. The van der Waals surface area contributed by atoms with Crippen LogP contribution in [0.2, 0.25) is 0 Å². The fraction of sp³-hybridized carbons (Fsp3) is 0.263. The number of aliphatic imine (C=N–C) groups is 1. The van der Waals surface area contributed by atoms with E-state index < -0.39 is 17.4 Å². The van der Waals surface area contributed by atoms with Crippen molar-refractivity contribution in [3.8, 4) is 0 Å². The average Bonchev–Trinajstić information content (AvgIpc) is 2.98. The highest BCUT2D eigenvalue weighted by Gasteiger charge is 2.35. The number of hydrogen-bond donors (Lipinski definition) is 0. The third kappa shape index (κ3) is 2.67. The van der Waals surface area contributed by atoms with Crippen LogP contribution in [0.25, 0.3) is 5.52 Å². The standard InChI is InChI=1S/C19H15F4N3/c1-18(2)9-14-13(4-3-5-15(14)20)17(25-18)11-8-12-6-7-16(19(21,22)23)26(12)24-10-11/h3-8,10H,9H2,1-2H3. The lowest BCUT2D eigenvalue weighted by molar-refractivity contribution is -0.142. The van der Waals surface area contributed by atoms with Gasteiger partial charge in [-0.2, -0.15) is 18.3 Å². The summed E-state index contributed by atoms with van der Waals surface area (Å²) in [7, 11) is 0. The van der Waals surface area contributed by atoms with Gasteiger partial charge in [-0.1, -0.05) is 12.1 Å². The van der Waals surface area contributed by atoms with Crippen LogP contribution in [0.5, 0.6) is 0 Å². The van der Waals surface area contributed by atoms with Gasteiger partial charge in [0, 0.05) is 17.5 Å². The molecule has 7 heteroatoms. The number of benzene rings is 1. The van der Waals surface area contributed by atoms with E-state index in [2.05, 4.69) is 5.10 Å². The van der Waals surface area contributed by atoms with Crippen molar-refractivity contribution in [3.63, 3.8) is 0 Å². The summed E-state index contributed by atoms with van der Waals surface area (Å²) in [5, 5.41) is 3.95. The smallest absolute Gasteiger partial charge is 0.278 e. The summed E-state index contributed by atoms with van der Waals surface area (Å²) < 4.78 is 54.2. The van der Waals surface area contributed by atoms with Gasteiger partial charge in [0.1, 0.15) is 11.5 Å². The molecular formula is C19H15F4N3. The first kappa shape index (κ1) is 16.8. The summed E-state index contributed by atoms with van der Waals surface area (Å²) in [6.07, 6.45) is -2.68. The van der Waals surface area contributed by atoms with Gasteiger partial charge >= 0.3 is 6.18 Å². The monoisotopic (exact) mass is 361 g/mol. The maximum absolute atomic E-state index is 14.3. The molecule has 26 heavy (non-hydrogen) atoms. The second-order valence-corrected chi connectivity index (χ2v) is 7.01. The lowest BCUT2D eigenvalue weighted by atomic mass is 9.85. The highest BCUT2D eigenvalue weighted by atomic mass is 19.4. The molecule has 1 aromatic carbocycles. The first-order valence-corrected chi connectivity index (χ1v) is 8.09. The Morgan fingerprint density at radius 1 is 1.12 bits per heavy atom. The van der Waals surface area contributed by atoms with Crippen molar-refractivity contribution >= 4 is 11.2 Å². The van der Waals surface area contributed by atoms with Crippen LogP contribution in [0.15, 0.2) is 47.6 Å². The molecule has 0 saturated heterocycles. The zero-order valence-corrected chi connectivity index (χ0v) is 14.1.